The lowest BCUT2D eigenvalue weighted by molar-refractivity contribution is 1.17. The fourth-order valence-electron chi connectivity index (χ4n) is 5.34. The summed E-state index contributed by atoms with van der Waals surface area (Å²) in [6.07, 6.45) is 25.5. The number of hydrogen-bond acceptors (Lipinski definition) is 4. The molecule has 186 valence electrons. The van der Waals surface area contributed by atoms with Gasteiger partial charge in [0.2, 0.25) is 0 Å². The average molecular weight is 505 g/mol. The molecule has 0 aliphatic carbocycles. The highest BCUT2D eigenvalue weighted by atomic mass is 15.0. The van der Waals surface area contributed by atoms with Gasteiger partial charge in [0, 0.05) is 82.5 Å². The van der Waals surface area contributed by atoms with Crippen molar-refractivity contribution in [3.8, 4) is 5.69 Å². The molecule has 0 amide bonds. The van der Waals surface area contributed by atoms with Crippen LogP contribution in [0.3, 0.4) is 0 Å². The third-order valence-corrected chi connectivity index (χ3v) is 7.04. The SMILES string of the molecule is C\C=C/C(=C\C=C\c1ccc(-n2c3ccncc3c3cnccc32)cc1)n1c2ccncc2c2cnccc21. The zero-order valence-electron chi connectivity index (χ0n) is 21.3. The smallest absolute Gasteiger partial charge is 0.0572 e. The molecule has 0 atom stereocenters. The molecule has 0 unspecified atom stereocenters. The molecule has 0 N–H and O–H groups in total. The molecule has 0 radical (unpaired) electrons. The van der Waals surface area contributed by atoms with E-state index >= 15 is 0 Å². The summed E-state index contributed by atoms with van der Waals surface area (Å²) in [6, 6.07) is 16.8. The zero-order valence-corrected chi connectivity index (χ0v) is 21.3. The van der Waals surface area contributed by atoms with E-state index in [-0.39, 0.29) is 0 Å². The van der Waals surface area contributed by atoms with Gasteiger partial charge in [0.1, 0.15) is 0 Å². The van der Waals surface area contributed by atoms with Crippen LogP contribution in [0.1, 0.15) is 12.5 Å². The van der Waals surface area contributed by atoms with E-state index in [1.165, 1.54) is 0 Å². The predicted octanol–water partition coefficient (Wildman–Crippen LogP) is 7.60. The van der Waals surface area contributed by atoms with E-state index in [4.69, 9.17) is 0 Å². The Morgan fingerprint density at radius 2 is 1.10 bits per heavy atom. The number of hydrogen-bond donors (Lipinski definition) is 0. The molecule has 0 bridgehead atoms. The van der Waals surface area contributed by atoms with E-state index in [9.17, 15) is 0 Å². The lowest BCUT2D eigenvalue weighted by Gasteiger charge is -2.08. The maximum atomic E-state index is 4.34. The normalized spacial score (nSPS) is 12.7. The first-order valence-electron chi connectivity index (χ1n) is 12.8. The number of fused-ring (bicyclic) bond motifs is 6. The summed E-state index contributed by atoms with van der Waals surface area (Å²) in [4.78, 5) is 17.3. The van der Waals surface area contributed by atoms with E-state index in [0.29, 0.717) is 0 Å². The summed E-state index contributed by atoms with van der Waals surface area (Å²) in [5.41, 5.74) is 7.73. The quantitative estimate of drug-likeness (QED) is 0.226. The van der Waals surface area contributed by atoms with Gasteiger partial charge in [0.15, 0.2) is 0 Å². The van der Waals surface area contributed by atoms with Gasteiger partial charge in [-0.15, -0.1) is 0 Å². The standard InChI is InChI=1S/C33H24N6/c1-2-4-24(38-30-11-15-34-19-26(30)27-20-35-16-12-31(27)38)6-3-5-23-7-9-25(10-8-23)39-32-13-17-36-21-28(32)29-22-37-18-14-33(29)39/h2-22H,1H3/b4-2-,5-3+,24-6+. The Kier molecular flexibility index (Phi) is 5.56. The van der Waals surface area contributed by atoms with Crippen LogP contribution in [0.5, 0.6) is 0 Å². The minimum Gasteiger partial charge on any atom is -0.309 e. The van der Waals surface area contributed by atoms with Crippen LogP contribution >= 0.6 is 0 Å². The minimum atomic E-state index is 1.07. The van der Waals surface area contributed by atoms with E-state index in [0.717, 1.165) is 60.6 Å². The second-order valence-corrected chi connectivity index (χ2v) is 9.28. The molecule has 0 spiro atoms. The highest BCUT2D eigenvalue weighted by Crippen LogP contribution is 2.32. The number of pyridine rings is 4. The molecular weight excluding hydrogens is 480 g/mol. The van der Waals surface area contributed by atoms with Crippen LogP contribution in [0.4, 0.5) is 0 Å². The Hall–Kier alpha value is -5.36. The van der Waals surface area contributed by atoms with Gasteiger partial charge in [0.25, 0.3) is 0 Å². The van der Waals surface area contributed by atoms with Gasteiger partial charge >= 0.3 is 0 Å². The van der Waals surface area contributed by atoms with Crippen molar-refractivity contribution in [2.75, 3.05) is 0 Å². The zero-order chi connectivity index (χ0) is 26.2. The Morgan fingerprint density at radius 3 is 1.62 bits per heavy atom. The minimum absolute atomic E-state index is 1.07. The van der Waals surface area contributed by atoms with E-state index < -0.39 is 0 Å². The van der Waals surface area contributed by atoms with Crippen LogP contribution < -0.4 is 0 Å². The van der Waals surface area contributed by atoms with Crippen molar-refractivity contribution in [2.24, 2.45) is 0 Å². The molecule has 39 heavy (non-hydrogen) atoms. The summed E-state index contributed by atoms with van der Waals surface area (Å²) in [5.74, 6) is 0. The van der Waals surface area contributed by atoms with Crippen molar-refractivity contribution in [3.05, 3.63) is 128 Å². The lowest BCUT2D eigenvalue weighted by atomic mass is 10.2. The molecule has 7 rings (SSSR count). The van der Waals surface area contributed by atoms with Gasteiger partial charge in [-0.25, -0.2) is 0 Å². The number of benzene rings is 1. The molecule has 7 aromatic rings. The van der Waals surface area contributed by atoms with Crippen molar-refractivity contribution in [1.29, 1.82) is 0 Å². The Bertz CT molecular complexity index is 1970. The van der Waals surface area contributed by atoms with Gasteiger partial charge < -0.3 is 9.13 Å². The molecule has 0 aliphatic rings. The highest BCUT2D eigenvalue weighted by molar-refractivity contribution is 6.10. The Balaban J connectivity index is 1.26. The number of allylic oxidation sites excluding steroid dienone is 5. The third kappa shape index (κ3) is 3.81. The third-order valence-electron chi connectivity index (χ3n) is 7.04. The molecule has 1 aromatic carbocycles. The van der Waals surface area contributed by atoms with Crippen molar-refractivity contribution < 1.29 is 0 Å². The van der Waals surface area contributed by atoms with E-state index in [1.54, 1.807) is 0 Å². The Morgan fingerprint density at radius 1 is 0.615 bits per heavy atom. The molecule has 6 heteroatoms. The van der Waals surface area contributed by atoms with Gasteiger partial charge in [0.05, 0.1) is 22.1 Å². The van der Waals surface area contributed by atoms with Gasteiger partial charge in [-0.2, -0.15) is 0 Å². The largest absolute Gasteiger partial charge is 0.309 e. The van der Waals surface area contributed by atoms with Crippen LogP contribution in [0.2, 0.25) is 0 Å². The van der Waals surface area contributed by atoms with Gasteiger partial charge in [-0.1, -0.05) is 30.4 Å². The second-order valence-electron chi connectivity index (χ2n) is 9.28. The van der Waals surface area contributed by atoms with Crippen LogP contribution in [-0.2, 0) is 0 Å². The van der Waals surface area contributed by atoms with Crippen molar-refractivity contribution in [3.63, 3.8) is 0 Å². The molecular formula is C33H24N6. The van der Waals surface area contributed by atoms with Crippen molar-refractivity contribution in [1.82, 2.24) is 29.1 Å². The molecule has 0 fully saturated rings. The first-order chi connectivity index (χ1) is 19.3. The van der Waals surface area contributed by atoms with E-state index in [1.807, 2.05) is 56.5 Å². The predicted molar refractivity (Wildman–Crippen MR) is 160 cm³/mol. The van der Waals surface area contributed by atoms with Gasteiger partial charge in [-0.05, 0) is 61.0 Å². The maximum absolute atomic E-state index is 4.34. The molecule has 0 saturated heterocycles. The summed E-state index contributed by atoms with van der Waals surface area (Å²) >= 11 is 0. The Labute approximate surface area is 224 Å². The van der Waals surface area contributed by atoms with Crippen molar-refractivity contribution in [2.45, 2.75) is 6.92 Å². The van der Waals surface area contributed by atoms with Crippen molar-refractivity contribution >= 4 is 55.4 Å². The summed E-state index contributed by atoms with van der Waals surface area (Å²) < 4.78 is 4.52. The topological polar surface area (TPSA) is 61.4 Å². The monoisotopic (exact) mass is 504 g/mol. The second kappa shape index (κ2) is 9.50. The molecule has 0 saturated carbocycles. The molecule has 0 aliphatic heterocycles. The molecule has 6 nitrogen and oxygen atoms in total. The summed E-state index contributed by atoms with van der Waals surface area (Å²) in [6.45, 7) is 2.04. The fraction of sp³-hybridized carbons (Fsp3) is 0.0303. The van der Waals surface area contributed by atoms with Crippen LogP contribution in [-0.4, -0.2) is 29.1 Å². The van der Waals surface area contributed by atoms with Crippen LogP contribution in [0, 0.1) is 0 Å². The first-order valence-corrected chi connectivity index (χ1v) is 12.8. The van der Waals surface area contributed by atoms with Crippen LogP contribution in [0.25, 0.3) is 61.1 Å². The number of aromatic nitrogens is 6. The fourth-order valence-corrected chi connectivity index (χ4v) is 5.34. The molecule has 6 aromatic heterocycles. The first kappa shape index (κ1) is 22.8. The lowest BCUT2D eigenvalue weighted by Crippen LogP contribution is -1.94. The van der Waals surface area contributed by atoms with Gasteiger partial charge in [-0.3, -0.25) is 19.9 Å². The highest BCUT2D eigenvalue weighted by Gasteiger charge is 2.13. The maximum Gasteiger partial charge on any atom is 0.0572 e. The van der Waals surface area contributed by atoms with Crippen LogP contribution in [0.15, 0.2) is 122 Å². The number of nitrogens with zero attached hydrogens (tertiary/aromatic N) is 6. The van der Waals surface area contributed by atoms with E-state index in [2.05, 4.69) is 108 Å². The average Bonchev–Trinajstić information content (AvgIpc) is 3.50. The summed E-state index contributed by atoms with van der Waals surface area (Å²) in [5, 5.41) is 4.38. The number of rotatable bonds is 5. The molecule has 6 heterocycles. The summed E-state index contributed by atoms with van der Waals surface area (Å²) in [7, 11) is 0.